The van der Waals surface area contributed by atoms with E-state index in [0.717, 1.165) is 32.5 Å². The van der Waals surface area contributed by atoms with Gasteiger partial charge >= 0.3 is 6.09 Å². The standard InChI is InChI=1S/C15H29N3O2/c1-15(2,3)20-14(19)18-10-5-4-7-12(18)13(11-16)17-8-6-9-17/h12-13H,4-11,16H2,1-3H3. The Bertz CT molecular complexity index is 337. The van der Waals surface area contributed by atoms with Crippen molar-refractivity contribution in [2.24, 2.45) is 5.73 Å². The van der Waals surface area contributed by atoms with Crippen LogP contribution >= 0.6 is 0 Å². The van der Waals surface area contributed by atoms with Crippen LogP contribution in [-0.2, 0) is 4.74 Å². The number of nitrogens with zero attached hydrogens (tertiary/aromatic N) is 2. The third-order valence-electron chi connectivity index (χ3n) is 4.22. The number of rotatable bonds is 3. The quantitative estimate of drug-likeness (QED) is 0.858. The summed E-state index contributed by atoms with van der Waals surface area (Å²) >= 11 is 0. The highest BCUT2D eigenvalue weighted by molar-refractivity contribution is 5.68. The first-order valence-corrected chi connectivity index (χ1v) is 7.86. The zero-order chi connectivity index (χ0) is 14.8. The van der Waals surface area contributed by atoms with Crippen molar-refractivity contribution in [3.8, 4) is 0 Å². The molecule has 0 radical (unpaired) electrons. The van der Waals surface area contributed by atoms with E-state index in [4.69, 9.17) is 10.5 Å². The fourth-order valence-electron chi connectivity index (χ4n) is 3.13. The molecule has 1 amide bonds. The summed E-state index contributed by atoms with van der Waals surface area (Å²) in [5.74, 6) is 0. The van der Waals surface area contributed by atoms with Crippen LogP contribution in [0.25, 0.3) is 0 Å². The Morgan fingerprint density at radius 2 is 1.95 bits per heavy atom. The highest BCUT2D eigenvalue weighted by Crippen LogP contribution is 2.26. The average molecular weight is 283 g/mol. The van der Waals surface area contributed by atoms with Gasteiger partial charge in [-0.25, -0.2) is 4.79 Å². The molecule has 5 nitrogen and oxygen atoms in total. The van der Waals surface area contributed by atoms with Gasteiger partial charge < -0.3 is 15.4 Å². The Morgan fingerprint density at radius 1 is 1.25 bits per heavy atom. The number of piperidine rings is 1. The highest BCUT2D eigenvalue weighted by Gasteiger charge is 2.38. The first kappa shape index (κ1) is 15.6. The second-order valence-corrected chi connectivity index (χ2v) is 6.93. The van der Waals surface area contributed by atoms with E-state index in [1.54, 1.807) is 0 Å². The molecule has 2 atom stereocenters. The van der Waals surface area contributed by atoms with E-state index in [2.05, 4.69) is 4.90 Å². The van der Waals surface area contributed by atoms with E-state index in [1.807, 2.05) is 25.7 Å². The molecule has 2 heterocycles. The van der Waals surface area contributed by atoms with Crippen molar-refractivity contribution in [1.29, 1.82) is 0 Å². The van der Waals surface area contributed by atoms with Crippen molar-refractivity contribution in [3.63, 3.8) is 0 Å². The Kier molecular flexibility index (Phi) is 4.91. The molecule has 20 heavy (non-hydrogen) atoms. The van der Waals surface area contributed by atoms with Crippen LogP contribution in [0.15, 0.2) is 0 Å². The van der Waals surface area contributed by atoms with Crippen molar-refractivity contribution >= 4 is 6.09 Å². The van der Waals surface area contributed by atoms with Gasteiger partial charge in [-0.1, -0.05) is 0 Å². The molecule has 0 aromatic carbocycles. The minimum atomic E-state index is -0.436. The topological polar surface area (TPSA) is 58.8 Å². The van der Waals surface area contributed by atoms with E-state index < -0.39 is 5.60 Å². The minimum Gasteiger partial charge on any atom is -0.444 e. The lowest BCUT2D eigenvalue weighted by molar-refractivity contribution is -0.0137. The van der Waals surface area contributed by atoms with E-state index in [9.17, 15) is 4.79 Å². The van der Waals surface area contributed by atoms with Crippen molar-refractivity contribution < 1.29 is 9.53 Å². The number of carbonyl (C=O) groups is 1. The fourth-order valence-corrected chi connectivity index (χ4v) is 3.13. The van der Waals surface area contributed by atoms with Crippen molar-refractivity contribution in [2.75, 3.05) is 26.2 Å². The lowest BCUT2D eigenvalue weighted by atomic mass is 9.93. The van der Waals surface area contributed by atoms with Crippen molar-refractivity contribution in [2.45, 2.75) is 64.1 Å². The summed E-state index contributed by atoms with van der Waals surface area (Å²) in [4.78, 5) is 16.7. The van der Waals surface area contributed by atoms with E-state index >= 15 is 0 Å². The van der Waals surface area contributed by atoms with Crippen molar-refractivity contribution in [1.82, 2.24) is 9.80 Å². The normalized spacial score (nSPS) is 26.0. The van der Waals surface area contributed by atoms with E-state index in [-0.39, 0.29) is 18.2 Å². The van der Waals surface area contributed by atoms with Crippen LogP contribution in [-0.4, -0.2) is 59.8 Å². The molecule has 2 aliphatic heterocycles. The van der Waals surface area contributed by atoms with E-state index in [0.29, 0.717) is 6.54 Å². The summed E-state index contributed by atoms with van der Waals surface area (Å²) in [5.41, 5.74) is 5.55. The minimum absolute atomic E-state index is 0.179. The van der Waals surface area contributed by atoms with Gasteiger partial charge in [0.15, 0.2) is 0 Å². The van der Waals surface area contributed by atoms with E-state index in [1.165, 1.54) is 12.8 Å². The summed E-state index contributed by atoms with van der Waals surface area (Å²) in [6.07, 6.45) is 4.34. The molecule has 2 unspecified atom stereocenters. The number of carbonyl (C=O) groups excluding carboxylic acids is 1. The van der Waals surface area contributed by atoms with Crippen LogP contribution in [0.3, 0.4) is 0 Å². The average Bonchev–Trinajstić information content (AvgIpc) is 2.31. The van der Waals surface area contributed by atoms with Gasteiger partial charge in [0.1, 0.15) is 5.60 Å². The number of ether oxygens (including phenoxy) is 1. The summed E-state index contributed by atoms with van der Waals surface area (Å²) in [6, 6.07) is 0.500. The zero-order valence-corrected chi connectivity index (χ0v) is 13.1. The maximum Gasteiger partial charge on any atom is 0.410 e. The third-order valence-corrected chi connectivity index (χ3v) is 4.22. The molecule has 2 fully saturated rings. The number of likely N-dealkylation sites (tertiary alicyclic amines) is 2. The maximum atomic E-state index is 12.4. The molecule has 0 saturated carbocycles. The molecule has 2 N–H and O–H groups in total. The Balaban J connectivity index is 2.05. The fraction of sp³-hybridized carbons (Fsp3) is 0.933. The lowest BCUT2D eigenvalue weighted by Gasteiger charge is -2.47. The van der Waals surface area contributed by atoms with Crippen LogP contribution in [0.2, 0.25) is 0 Å². The van der Waals surface area contributed by atoms with Crippen LogP contribution in [0.4, 0.5) is 4.79 Å². The Labute approximate surface area is 122 Å². The molecule has 0 aliphatic carbocycles. The maximum absolute atomic E-state index is 12.4. The summed E-state index contributed by atoms with van der Waals surface area (Å²) in [5, 5.41) is 0. The van der Waals surface area contributed by atoms with Gasteiger partial charge in [-0.05, 0) is 59.5 Å². The van der Waals surface area contributed by atoms with Gasteiger partial charge in [0, 0.05) is 19.1 Å². The van der Waals surface area contributed by atoms with Crippen LogP contribution < -0.4 is 5.73 Å². The summed E-state index contributed by atoms with van der Waals surface area (Å²) < 4.78 is 5.56. The molecule has 2 saturated heterocycles. The highest BCUT2D eigenvalue weighted by atomic mass is 16.6. The second-order valence-electron chi connectivity index (χ2n) is 6.93. The first-order valence-electron chi connectivity index (χ1n) is 7.86. The monoisotopic (exact) mass is 283 g/mol. The predicted octanol–water partition coefficient (Wildman–Crippen LogP) is 1.81. The Morgan fingerprint density at radius 3 is 2.45 bits per heavy atom. The molecule has 0 aromatic heterocycles. The first-order chi connectivity index (χ1) is 9.42. The predicted molar refractivity (Wildman–Crippen MR) is 79.6 cm³/mol. The van der Waals surface area contributed by atoms with Crippen LogP contribution in [0, 0.1) is 0 Å². The van der Waals surface area contributed by atoms with Gasteiger partial charge in [-0.15, -0.1) is 0 Å². The molecule has 5 heteroatoms. The van der Waals surface area contributed by atoms with Gasteiger partial charge in [-0.2, -0.15) is 0 Å². The number of nitrogens with two attached hydrogens (primary N) is 1. The molecule has 116 valence electrons. The number of amides is 1. The molecular weight excluding hydrogens is 254 g/mol. The summed E-state index contributed by atoms with van der Waals surface area (Å²) in [6.45, 7) is 9.38. The van der Waals surface area contributed by atoms with Gasteiger partial charge in [-0.3, -0.25) is 4.90 Å². The largest absolute Gasteiger partial charge is 0.444 e. The van der Waals surface area contributed by atoms with Gasteiger partial charge in [0.05, 0.1) is 6.04 Å². The number of hydrogen-bond acceptors (Lipinski definition) is 4. The smallest absolute Gasteiger partial charge is 0.410 e. The third kappa shape index (κ3) is 3.64. The molecular formula is C15H29N3O2. The molecule has 0 bridgehead atoms. The number of hydrogen-bond donors (Lipinski definition) is 1. The lowest BCUT2D eigenvalue weighted by Crippen LogP contribution is -2.61. The van der Waals surface area contributed by atoms with Crippen LogP contribution in [0.1, 0.15) is 46.5 Å². The second kappa shape index (κ2) is 6.31. The van der Waals surface area contributed by atoms with Crippen molar-refractivity contribution in [3.05, 3.63) is 0 Å². The summed E-state index contributed by atoms with van der Waals surface area (Å²) in [7, 11) is 0. The molecule has 0 aromatic rings. The van der Waals surface area contributed by atoms with Gasteiger partial charge in [0.2, 0.25) is 0 Å². The SMILES string of the molecule is CC(C)(C)OC(=O)N1CCCCC1C(CN)N1CCC1. The Hall–Kier alpha value is -0.810. The molecule has 2 aliphatic rings. The zero-order valence-electron chi connectivity index (χ0n) is 13.1. The van der Waals surface area contributed by atoms with Gasteiger partial charge in [0.25, 0.3) is 0 Å². The molecule has 2 rings (SSSR count). The molecule has 0 spiro atoms. The van der Waals surface area contributed by atoms with Crippen LogP contribution in [0.5, 0.6) is 0 Å².